The van der Waals surface area contributed by atoms with Crippen molar-refractivity contribution in [3.8, 4) is 17.5 Å². The molecule has 136 valence electrons. The van der Waals surface area contributed by atoms with Crippen LogP contribution in [0.25, 0.3) is 10.2 Å². The van der Waals surface area contributed by atoms with Crippen LogP contribution in [0.3, 0.4) is 0 Å². The fourth-order valence-electron chi connectivity index (χ4n) is 2.86. The first kappa shape index (κ1) is 17.7. The second-order valence-electron chi connectivity index (χ2n) is 5.93. The number of pyridine rings is 1. The molecular weight excluding hydrogens is 382 g/mol. The van der Waals surface area contributed by atoms with Gasteiger partial charge in [-0.15, -0.1) is 11.3 Å². The summed E-state index contributed by atoms with van der Waals surface area (Å²) in [6, 6.07) is 13.3. The highest BCUT2D eigenvalue weighted by Gasteiger charge is 2.17. The van der Waals surface area contributed by atoms with Gasteiger partial charge >= 0.3 is 0 Å². The number of rotatable bonds is 5. The zero-order valence-corrected chi connectivity index (χ0v) is 16.3. The minimum absolute atomic E-state index is 0.0756. The minimum atomic E-state index is 0.0756. The number of nitrogens with zero attached hydrogens (tertiary/aromatic N) is 3. The van der Waals surface area contributed by atoms with E-state index in [0.717, 1.165) is 21.5 Å². The summed E-state index contributed by atoms with van der Waals surface area (Å²) in [5.74, 6) is 1.77. The van der Waals surface area contributed by atoms with Crippen molar-refractivity contribution < 1.29 is 9.47 Å². The molecule has 0 bridgehead atoms. The molecule has 5 nitrogen and oxygen atoms in total. The van der Waals surface area contributed by atoms with Crippen molar-refractivity contribution in [2.24, 2.45) is 0 Å². The van der Waals surface area contributed by atoms with Gasteiger partial charge in [0.2, 0.25) is 11.8 Å². The second kappa shape index (κ2) is 7.50. The van der Waals surface area contributed by atoms with Gasteiger partial charge in [0.1, 0.15) is 16.9 Å². The number of fused-ring (bicyclic) bond motifs is 1. The Kier molecular flexibility index (Phi) is 4.92. The molecule has 1 aromatic carbocycles. The zero-order valence-electron chi connectivity index (χ0n) is 14.7. The Balaban J connectivity index is 1.58. The Morgan fingerprint density at radius 2 is 1.81 bits per heavy atom. The summed E-state index contributed by atoms with van der Waals surface area (Å²) < 4.78 is 10.9. The largest absolute Gasteiger partial charge is 0.481 e. The SMILES string of the molecule is COc1cccc(Oc2ccc(C(C)c3ncnc4scc(Cl)c34)cc2)n1. The molecule has 3 heterocycles. The lowest BCUT2D eigenvalue weighted by Crippen LogP contribution is -2.00. The molecule has 4 rings (SSSR count). The third-order valence-corrected chi connectivity index (χ3v) is 5.59. The van der Waals surface area contributed by atoms with Crippen molar-refractivity contribution in [1.82, 2.24) is 15.0 Å². The number of aromatic nitrogens is 3. The number of methoxy groups -OCH3 is 1. The highest BCUT2D eigenvalue weighted by atomic mass is 35.5. The maximum atomic E-state index is 6.34. The van der Waals surface area contributed by atoms with E-state index in [-0.39, 0.29) is 5.92 Å². The van der Waals surface area contributed by atoms with E-state index in [0.29, 0.717) is 22.5 Å². The Hall–Kier alpha value is -2.70. The normalized spacial score (nSPS) is 12.1. The first-order valence-electron chi connectivity index (χ1n) is 8.32. The monoisotopic (exact) mass is 397 g/mol. The minimum Gasteiger partial charge on any atom is -0.481 e. The first-order chi connectivity index (χ1) is 13.2. The molecule has 7 heteroatoms. The third-order valence-electron chi connectivity index (χ3n) is 4.27. The van der Waals surface area contributed by atoms with Crippen LogP contribution in [0.15, 0.2) is 54.2 Å². The maximum Gasteiger partial charge on any atom is 0.222 e. The molecule has 0 aliphatic carbocycles. The molecule has 0 amide bonds. The number of thiophene rings is 1. The standard InChI is InChI=1S/C20H16ClN3O2S/c1-12(19-18-15(21)10-27-20(18)23-11-22-19)13-6-8-14(9-7-13)26-17-5-3-4-16(24-17)25-2/h3-12H,1-2H3. The van der Waals surface area contributed by atoms with Crippen LogP contribution in [-0.4, -0.2) is 22.1 Å². The lowest BCUT2D eigenvalue weighted by molar-refractivity contribution is 0.383. The van der Waals surface area contributed by atoms with Crippen molar-refractivity contribution in [2.45, 2.75) is 12.8 Å². The van der Waals surface area contributed by atoms with E-state index in [2.05, 4.69) is 21.9 Å². The average Bonchev–Trinajstić information content (AvgIpc) is 3.09. The Morgan fingerprint density at radius 3 is 2.59 bits per heavy atom. The van der Waals surface area contributed by atoms with Gasteiger partial charge in [0.15, 0.2) is 0 Å². The fraction of sp³-hybridized carbons (Fsp3) is 0.150. The van der Waals surface area contributed by atoms with E-state index in [9.17, 15) is 0 Å². The quantitative estimate of drug-likeness (QED) is 0.432. The number of ether oxygens (including phenoxy) is 2. The van der Waals surface area contributed by atoms with Gasteiger partial charge in [-0.05, 0) is 17.7 Å². The molecule has 0 aliphatic heterocycles. The molecule has 0 radical (unpaired) electrons. The van der Waals surface area contributed by atoms with Gasteiger partial charge in [0, 0.05) is 23.4 Å². The van der Waals surface area contributed by atoms with Crippen LogP contribution in [0.2, 0.25) is 5.02 Å². The van der Waals surface area contributed by atoms with Crippen LogP contribution in [0.4, 0.5) is 0 Å². The van der Waals surface area contributed by atoms with Crippen LogP contribution in [0, 0.1) is 0 Å². The molecule has 4 aromatic rings. The molecule has 1 unspecified atom stereocenters. The smallest absolute Gasteiger partial charge is 0.222 e. The summed E-state index contributed by atoms with van der Waals surface area (Å²) >= 11 is 7.87. The van der Waals surface area contributed by atoms with Crippen LogP contribution in [0.1, 0.15) is 24.1 Å². The van der Waals surface area contributed by atoms with Crippen molar-refractivity contribution in [2.75, 3.05) is 7.11 Å². The number of halogens is 1. The zero-order chi connectivity index (χ0) is 18.8. The van der Waals surface area contributed by atoms with Crippen molar-refractivity contribution >= 4 is 33.2 Å². The first-order valence-corrected chi connectivity index (χ1v) is 9.58. The molecule has 0 saturated heterocycles. The van der Waals surface area contributed by atoms with Crippen molar-refractivity contribution in [3.05, 3.63) is 70.5 Å². The Labute approximate surface area is 165 Å². The third kappa shape index (κ3) is 3.59. The fourth-order valence-corrected chi connectivity index (χ4v) is 4.01. The number of hydrogen-bond donors (Lipinski definition) is 0. The molecule has 0 aliphatic rings. The lowest BCUT2D eigenvalue weighted by Gasteiger charge is -2.13. The molecular formula is C20H16ClN3O2S. The van der Waals surface area contributed by atoms with Gasteiger partial charge in [-0.3, -0.25) is 0 Å². The summed E-state index contributed by atoms with van der Waals surface area (Å²) in [6.07, 6.45) is 1.59. The number of benzene rings is 1. The van der Waals surface area contributed by atoms with E-state index in [1.165, 1.54) is 11.3 Å². The molecule has 1 atom stereocenters. The van der Waals surface area contributed by atoms with Gasteiger partial charge < -0.3 is 9.47 Å². The molecule has 0 N–H and O–H groups in total. The van der Waals surface area contributed by atoms with E-state index in [4.69, 9.17) is 21.1 Å². The van der Waals surface area contributed by atoms with E-state index < -0.39 is 0 Å². The topological polar surface area (TPSA) is 57.1 Å². The van der Waals surface area contributed by atoms with Crippen molar-refractivity contribution in [3.63, 3.8) is 0 Å². The highest BCUT2D eigenvalue weighted by Crippen LogP contribution is 2.36. The predicted octanol–water partition coefficient (Wildman–Crippen LogP) is 5.69. The van der Waals surface area contributed by atoms with Crippen LogP contribution in [-0.2, 0) is 0 Å². The average molecular weight is 398 g/mol. The summed E-state index contributed by atoms with van der Waals surface area (Å²) in [5, 5.41) is 3.52. The molecule has 3 aromatic heterocycles. The van der Waals surface area contributed by atoms with Crippen LogP contribution in [0.5, 0.6) is 17.5 Å². The van der Waals surface area contributed by atoms with E-state index in [1.54, 1.807) is 25.6 Å². The summed E-state index contributed by atoms with van der Waals surface area (Å²) in [5.41, 5.74) is 2.04. The Bertz CT molecular complexity index is 1080. The predicted molar refractivity (Wildman–Crippen MR) is 107 cm³/mol. The van der Waals surface area contributed by atoms with Crippen LogP contribution >= 0.6 is 22.9 Å². The van der Waals surface area contributed by atoms with Gasteiger partial charge in [-0.25, -0.2) is 9.97 Å². The van der Waals surface area contributed by atoms with Crippen LogP contribution < -0.4 is 9.47 Å². The summed E-state index contributed by atoms with van der Waals surface area (Å²) in [7, 11) is 1.58. The Morgan fingerprint density at radius 1 is 1.04 bits per heavy atom. The van der Waals surface area contributed by atoms with E-state index in [1.807, 2.05) is 35.7 Å². The molecule has 0 spiro atoms. The summed E-state index contributed by atoms with van der Waals surface area (Å²) in [4.78, 5) is 13.9. The highest BCUT2D eigenvalue weighted by molar-refractivity contribution is 7.17. The molecule has 0 saturated carbocycles. The van der Waals surface area contributed by atoms with Gasteiger partial charge in [-0.1, -0.05) is 36.7 Å². The molecule has 27 heavy (non-hydrogen) atoms. The van der Waals surface area contributed by atoms with Gasteiger partial charge in [-0.2, -0.15) is 4.98 Å². The van der Waals surface area contributed by atoms with Crippen molar-refractivity contribution in [1.29, 1.82) is 0 Å². The second-order valence-corrected chi connectivity index (χ2v) is 7.20. The molecule has 0 fully saturated rings. The van der Waals surface area contributed by atoms with Gasteiger partial charge in [0.05, 0.1) is 23.2 Å². The summed E-state index contributed by atoms with van der Waals surface area (Å²) in [6.45, 7) is 2.11. The number of hydrogen-bond acceptors (Lipinski definition) is 6. The lowest BCUT2D eigenvalue weighted by atomic mass is 9.96. The van der Waals surface area contributed by atoms with E-state index >= 15 is 0 Å². The maximum absolute atomic E-state index is 6.34. The van der Waals surface area contributed by atoms with Gasteiger partial charge in [0.25, 0.3) is 0 Å².